The molecule has 0 radical (unpaired) electrons. The lowest BCUT2D eigenvalue weighted by Crippen LogP contribution is -2.44. The first-order chi connectivity index (χ1) is 21.6. The molecule has 1 aliphatic heterocycles. The molecule has 0 unspecified atom stereocenters. The summed E-state index contributed by atoms with van der Waals surface area (Å²) in [7, 11) is 1.98. The zero-order valence-corrected chi connectivity index (χ0v) is 24.7. The van der Waals surface area contributed by atoms with Crippen molar-refractivity contribution in [1.82, 2.24) is 24.4 Å². The van der Waals surface area contributed by atoms with Crippen LogP contribution in [0.3, 0.4) is 0 Å². The molecule has 11 heteroatoms. The fourth-order valence-corrected chi connectivity index (χ4v) is 5.90. The van der Waals surface area contributed by atoms with Gasteiger partial charge >= 0.3 is 6.18 Å². The number of fused-ring (bicyclic) bond motifs is 2. The Kier molecular flexibility index (Phi) is 7.04. The Morgan fingerprint density at radius 1 is 0.933 bits per heavy atom. The van der Waals surface area contributed by atoms with Crippen LogP contribution in [0, 0.1) is 6.92 Å². The minimum Gasteiger partial charge on any atom is -0.369 e. The number of piperazine rings is 1. The Labute approximate surface area is 257 Å². The predicted molar refractivity (Wildman–Crippen MR) is 170 cm³/mol. The highest BCUT2D eigenvalue weighted by molar-refractivity contribution is 6.05. The molecule has 45 heavy (non-hydrogen) atoms. The van der Waals surface area contributed by atoms with E-state index < -0.39 is 17.6 Å². The number of likely N-dealkylation sites (N-methyl/N-ethyl adjacent to an activating group) is 1. The number of amides is 1. The largest absolute Gasteiger partial charge is 0.416 e. The monoisotopic (exact) mass is 609 g/mol. The van der Waals surface area contributed by atoms with Crippen LogP contribution < -0.4 is 10.2 Å². The number of hydrogen-bond acceptors (Lipinski definition) is 5. The summed E-state index contributed by atoms with van der Waals surface area (Å²) in [6.45, 7) is 4.61. The highest BCUT2D eigenvalue weighted by atomic mass is 19.4. The highest BCUT2D eigenvalue weighted by Crippen LogP contribution is 2.35. The summed E-state index contributed by atoms with van der Waals surface area (Å²) in [5.41, 5.74) is 4.48. The summed E-state index contributed by atoms with van der Waals surface area (Å²) in [4.78, 5) is 29.4. The van der Waals surface area contributed by atoms with Crippen LogP contribution in [0.2, 0.25) is 0 Å². The van der Waals surface area contributed by atoms with Gasteiger partial charge in [-0.25, -0.2) is 9.97 Å². The number of aromatic nitrogens is 4. The van der Waals surface area contributed by atoms with Crippen LogP contribution in [0.15, 0.2) is 85.5 Å². The maximum Gasteiger partial charge on any atom is 0.416 e. The van der Waals surface area contributed by atoms with Gasteiger partial charge in [-0.2, -0.15) is 13.2 Å². The van der Waals surface area contributed by atoms with Crippen molar-refractivity contribution in [1.29, 1.82) is 0 Å². The molecule has 2 N–H and O–H groups in total. The molecule has 0 atom stereocenters. The number of H-pyrrole nitrogens is 1. The first-order valence-corrected chi connectivity index (χ1v) is 14.6. The predicted octanol–water partition coefficient (Wildman–Crippen LogP) is 6.90. The summed E-state index contributed by atoms with van der Waals surface area (Å²) >= 11 is 0. The fourth-order valence-electron chi connectivity index (χ4n) is 5.90. The molecule has 4 heterocycles. The smallest absolute Gasteiger partial charge is 0.369 e. The molecule has 3 aromatic heterocycles. The van der Waals surface area contributed by atoms with E-state index in [4.69, 9.17) is 0 Å². The number of aryl methyl sites for hydroxylation is 1. The SMILES string of the molecule is Cc1ccc(NC(=O)c2cc(N3CCN(C)CC3)cc(C(F)(F)F)c2)cc1-c1ccc2ccn(-c3ncnc4[nH]ccc34)c2c1. The van der Waals surface area contributed by atoms with E-state index in [0.29, 0.717) is 24.5 Å². The van der Waals surface area contributed by atoms with E-state index in [1.54, 1.807) is 12.1 Å². The fraction of sp³-hybridized carbons (Fsp3) is 0.206. The average Bonchev–Trinajstić information content (AvgIpc) is 3.69. The van der Waals surface area contributed by atoms with Crippen LogP contribution in [0.4, 0.5) is 24.5 Å². The maximum absolute atomic E-state index is 13.9. The van der Waals surface area contributed by atoms with E-state index in [1.165, 1.54) is 6.33 Å². The van der Waals surface area contributed by atoms with Gasteiger partial charge in [0.15, 0.2) is 0 Å². The van der Waals surface area contributed by atoms with Gasteiger partial charge in [0.2, 0.25) is 0 Å². The van der Waals surface area contributed by atoms with Crippen molar-refractivity contribution in [2.45, 2.75) is 13.1 Å². The summed E-state index contributed by atoms with van der Waals surface area (Å²) < 4.78 is 43.6. The van der Waals surface area contributed by atoms with Crippen LogP contribution in [0.1, 0.15) is 21.5 Å². The first kappa shape index (κ1) is 28.6. The highest BCUT2D eigenvalue weighted by Gasteiger charge is 2.32. The minimum atomic E-state index is -4.58. The van der Waals surface area contributed by atoms with Gasteiger partial charge in [0.25, 0.3) is 5.91 Å². The second-order valence-electron chi connectivity index (χ2n) is 11.4. The van der Waals surface area contributed by atoms with Crippen LogP contribution in [-0.2, 0) is 6.18 Å². The third kappa shape index (κ3) is 5.51. The first-order valence-electron chi connectivity index (χ1n) is 14.6. The molecule has 0 saturated carbocycles. The van der Waals surface area contributed by atoms with E-state index in [1.807, 2.05) is 72.2 Å². The van der Waals surface area contributed by atoms with Crippen molar-refractivity contribution >= 4 is 39.2 Å². The molecule has 1 aliphatic rings. The van der Waals surface area contributed by atoms with Gasteiger partial charge < -0.3 is 24.7 Å². The molecule has 1 fully saturated rings. The lowest BCUT2D eigenvalue weighted by molar-refractivity contribution is -0.137. The number of hydrogen-bond donors (Lipinski definition) is 2. The van der Waals surface area contributed by atoms with E-state index in [9.17, 15) is 18.0 Å². The number of rotatable bonds is 5. The zero-order valence-electron chi connectivity index (χ0n) is 24.7. The van der Waals surface area contributed by atoms with Crippen LogP contribution >= 0.6 is 0 Å². The van der Waals surface area contributed by atoms with Crippen LogP contribution in [-0.4, -0.2) is 63.6 Å². The number of nitrogens with zero attached hydrogens (tertiary/aromatic N) is 5. The van der Waals surface area contributed by atoms with Gasteiger partial charge in [0, 0.05) is 60.9 Å². The van der Waals surface area contributed by atoms with Crippen molar-refractivity contribution in [3.8, 4) is 16.9 Å². The van der Waals surface area contributed by atoms with Crippen molar-refractivity contribution in [2.75, 3.05) is 43.4 Å². The quantitative estimate of drug-likeness (QED) is 0.222. The molecule has 0 bridgehead atoms. The summed E-state index contributed by atoms with van der Waals surface area (Å²) in [6.07, 6.45) is 0.746. The number of carbonyl (C=O) groups excluding carboxylic acids is 1. The number of benzene rings is 3. The molecular formula is C34H30F3N7O. The molecule has 6 aromatic rings. The molecule has 7 rings (SSSR count). The van der Waals surface area contributed by atoms with Gasteiger partial charge in [-0.15, -0.1) is 0 Å². The standard InChI is InChI=1S/C34H30F3N7O/c1-21-3-6-26(41-33(45)24-15-25(34(35,36)37)18-27(16-24)43-13-11-42(2)12-14-43)19-29(21)23-5-4-22-8-10-44(30(22)17-23)32-28-7-9-38-31(28)39-20-40-32/h3-10,15-20H,11-14H2,1-2H3,(H,41,45)(H,38,39,40). The van der Waals surface area contributed by atoms with E-state index in [0.717, 1.165) is 69.7 Å². The molecule has 228 valence electrons. The average molecular weight is 610 g/mol. The number of carbonyl (C=O) groups is 1. The van der Waals surface area contributed by atoms with Gasteiger partial charge in [0.1, 0.15) is 17.8 Å². The number of halogens is 3. The summed E-state index contributed by atoms with van der Waals surface area (Å²) in [5, 5.41) is 4.77. The minimum absolute atomic E-state index is 0.0407. The lowest BCUT2D eigenvalue weighted by Gasteiger charge is -2.34. The normalized spacial score (nSPS) is 14.4. The van der Waals surface area contributed by atoms with E-state index in [2.05, 4.69) is 31.2 Å². The Morgan fingerprint density at radius 2 is 1.76 bits per heavy atom. The molecule has 3 aromatic carbocycles. The summed E-state index contributed by atoms with van der Waals surface area (Å²) in [5.74, 6) is 0.151. The second-order valence-corrected chi connectivity index (χ2v) is 11.4. The number of aromatic amines is 1. The number of nitrogens with one attached hydrogen (secondary N) is 2. The molecule has 1 amide bonds. The maximum atomic E-state index is 13.9. The van der Waals surface area contributed by atoms with Gasteiger partial charge in [-0.05, 0) is 79.2 Å². The number of anilines is 2. The molecular weight excluding hydrogens is 579 g/mol. The molecule has 0 spiro atoms. The molecule has 8 nitrogen and oxygen atoms in total. The third-order valence-electron chi connectivity index (χ3n) is 8.44. The van der Waals surface area contributed by atoms with E-state index in [-0.39, 0.29) is 5.56 Å². The third-order valence-corrected chi connectivity index (χ3v) is 8.44. The van der Waals surface area contributed by atoms with Gasteiger partial charge in [0.05, 0.1) is 16.5 Å². The Bertz CT molecular complexity index is 2050. The van der Waals surface area contributed by atoms with Crippen molar-refractivity contribution < 1.29 is 18.0 Å². The van der Waals surface area contributed by atoms with Gasteiger partial charge in [-0.3, -0.25) is 4.79 Å². The Balaban J connectivity index is 1.21. The van der Waals surface area contributed by atoms with Crippen molar-refractivity contribution in [2.24, 2.45) is 0 Å². The van der Waals surface area contributed by atoms with E-state index >= 15 is 0 Å². The lowest BCUT2D eigenvalue weighted by atomic mass is 9.98. The Morgan fingerprint density at radius 3 is 2.56 bits per heavy atom. The molecule has 0 aliphatic carbocycles. The van der Waals surface area contributed by atoms with Crippen molar-refractivity contribution in [3.05, 3.63) is 102 Å². The Hall–Kier alpha value is -5.16. The topological polar surface area (TPSA) is 82.1 Å². The summed E-state index contributed by atoms with van der Waals surface area (Å²) in [6, 6.07) is 19.2. The molecule has 1 saturated heterocycles. The van der Waals surface area contributed by atoms with Gasteiger partial charge in [-0.1, -0.05) is 18.2 Å². The van der Waals surface area contributed by atoms with Crippen LogP contribution in [0.25, 0.3) is 38.9 Å². The zero-order chi connectivity index (χ0) is 31.3. The van der Waals surface area contributed by atoms with Crippen molar-refractivity contribution in [3.63, 3.8) is 0 Å². The van der Waals surface area contributed by atoms with Crippen LogP contribution in [0.5, 0.6) is 0 Å². The second kappa shape index (κ2) is 11.1. The number of alkyl halides is 3.